The smallest absolute Gasteiger partial charge is 0.341 e. The first-order valence-corrected chi connectivity index (χ1v) is 6.83. The molecule has 0 atom stereocenters. The van der Waals surface area contributed by atoms with Crippen molar-refractivity contribution in [2.75, 3.05) is 13.6 Å². The van der Waals surface area contributed by atoms with Gasteiger partial charge in [-0.2, -0.15) is 13.2 Å². The van der Waals surface area contributed by atoms with E-state index in [-0.39, 0.29) is 11.0 Å². The number of hydrogen-bond acceptors (Lipinski definition) is 1. The number of halogens is 4. The summed E-state index contributed by atoms with van der Waals surface area (Å²) < 4.78 is 38.4. The zero-order valence-corrected chi connectivity index (χ0v) is 13.4. The van der Waals surface area contributed by atoms with Gasteiger partial charge in [0, 0.05) is 18.1 Å². The Hall–Kier alpha value is -1.04. The van der Waals surface area contributed by atoms with Crippen LogP contribution in [0.3, 0.4) is 0 Å². The van der Waals surface area contributed by atoms with Crippen LogP contribution in [0.1, 0.15) is 36.7 Å². The molecule has 112 valence electrons. The van der Waals surface area contributed by atoms with Crippen molar-refractivity contribution in [3.05, 3.63) is 33.8 Å². The minimum atomic E-state index is -4.46. The summed E-state index contributed by atoms with van der Waals surface area (Å²) in [6.07, 6.45) is -4.46. The molecular weight excluding hydrogens is 335 g/mol. The van der Waals surface area contributed by atoms with Crippen LogP contribution in [0.15, 0.2) is 22.7 Å². The molecule has 0 N–H and O–H groups in total. The number of alkyl halides is 3. The normalized spacial score (nSPS) is 12.4. The first-order chi connectivity index (χ1) is 8.92. The Morgan fingerprint density at radius 1 is 1.25 bits per heavy atom. The average molecular weight is 352 g/mol. The molecule has 0 fully saturated rings. The second kappa shape index (κ2) is 5.76. The molecule has 0 saturated carbocycles. The summed E-state index contributed by atoms with van der Waals surface area (Å²) in [5.74, 6) is -0.433. The van der Waals surface area contributed by atoms with Gasteiger partial charge in [-0.15, -0.1) is 0 Å². The van der Waals surface area contributed by atoms with Gasteiger partial charge < -0.3 is 4.90 Å². The van der Waals surface area contributed by atoms with Crippen LogP contribution in [0.5, 0.6) is 0 Å². The lowest BCUT2D eigenvalue weighted by atomic mass is 9.96. The molecular formula is C14H17BrF3NO. The molecule has 0 unspecified atom stereocenters. The fourth-order valence-corrected chi connectivity index (χ4v) is 2.27. The number of benzene rings is 1. The molecule has 0 aliphatic rings. The Morgan fingerprint density at radius 3 is 2.25 bits per heavy atom. The van der Waals surface area contributed by atoms with Crippen molar-refractivity contribution in [2.45, 2.75) is 26.9 Å². The maximum absolute atomic E-state index is 12.7. The maximum Gasteiger partial charge on any atom is 0.416 e. The van der Waals surface area contributed by atoms with Crippen LogP contribution >= 0.6 is 15.9 Å². The molecule has 0 aromatic heterocycles. The lowest BCUT2D eigenvalue weighted by Gasteiger charge is -2.27. The third kappa shape index (κ3) is 4.51. The van der Waals surface area contributed by atoms with Crippen LogP contribution < -0.4 is 0 Å². The summed E-state index contributed by atoms with van der Waals surface area (Å²) in [7, 11) is 1.58. The highest BCUT2D eigenvalue weighted by Crippen LogP contribution is 2.32. The standard InChI is InChI=1S/C14H17BrF3NO/c1-13(2,3)8-19(4)12(20)10-7-9(14(16,17)18)5-6-11(10)15/h5-7H,8H2,1-4H3. The highest BCUT2D eigenvalue weighted by Gasteiger charge is 2.32. The summed E-state index contributed by atoms with van der Waals surface area (Å²) in [4.78, 5) is 13.7. The predicted octanol–water partition coefficient (Wildman–Crippen LogP) is 4.59. The molecule has 20 heavy (non-hydrogen) atoms. The van der Waals surface area contributed by atoms with Gasteiger partial charge in [-0.3, -0.25) is 4.79 Å². The van der Waals surface area contributed by atoms with E-state index in [0.29, 0.717) is 11.0 Å². The van der Waals surface area contributed by atoms with Gasteiger partial charge in [-0.1, -0.05) is 20.8 Å². The number of amides is 1. The van der Waals surface area contributed by atoms with E-state index in [2.05, 4.69) is 15.9 Å². The predicted molar refractivity (Wildman–Crippen MR) is 75.6 cm³/mol. The zero-order valence-electron chi connectivity index (χ0n) is 11.8. The second-order valence-electron chi connectivity index (χ2n) is 5.91. The van der Waals surface area contributed by atoms with E-state index in [4.69, 9.17) is 0 Å². The number of hydrogen-bond donors (Lipinski definition) is 0. The third-order valence-corrected chi connectivity index (χ3v) is 3.27. The quantitative estimate of drug-likeness (QED) is 0.763. The van der Waals surface area contributed by atoms with E-state index in [9.17, 15) is 18.0 Å². The van der Waals surface area contributed by atoms with Crippen molar-refractivity contribution in [1.29, 1.82) is 0 Å². The van der Waals surface area contributed by atoms with Crippen LogP contribution in [0, 0.1) is 5.41 Å². The first kappa shape index (κ1) is 17.0. The van der Waals surface area contributed by atoms with Crippen molar-refractivity contribution < 1.29 is 18.0 Å². The van der Waals surface area contributed by atoms with Crippen molar-refractivity contribution in [2.24, 2.45) is 5.41 Å². The Balaban J connectivity index is 3.10. The molecule has 0 saturated heterocycles. The lowest BCUT2D eigenvalue weighted by Crippen LogP contribution is -2.34. The average Bonchev–Trinajstić information content (AvgIpc) is 2.24. The fraction of sp³-hybridized carbons (Fsp3) is 0.500. The number of carbonyl (C=O) groups is 1. The van der Waals surface area contributed by atoms with Gasteiger partial charge in [-0.05, 0) is 39.5 Å². The van der Waals surface area contributed by atoms with Gasteiger partial charge in [0.2, 0.25) is 0 Å². The van der Waals surface area contributed by atoms with Crippen molar-refractivity contribution in [1.82, 2.24) is 4.90 Å². The topological polar surface area (TPSA) is 20.3 Å². The molecule has 1 aromatic rings. The highest BCUT2D eigenvalue weighted by atomic mass is 79.9. The Morgan fingerprint density at radius 2 is 1.80 bits per heavy atom. The van der Waals surface area contributed by atoms with E-state index in [1.165, 1.54) is 11.0 Å². The first-order valence-electron chi connectivity index (χ1n) is 6.04. The molecule has 0 aliphatic heterocycles. The molecule has 0 bridgehead atoms. The fourth-order valence-electron chi connectivity index (χ4n) is 1.85. The largest absolute Gasteiger partial charge is 0.416 e. The van der Waals surface area contributed by atoms with E-state index in [1.807, 2.05) is 20.8 Å². The molecule has 2 nitrogen and oxygen atoms in total. The van der Waals surface area contributed by atoms with Gasteiger partial charge in [-0.25, -0.2) is 0 Å². The SMILES string of the molecule is CN(CC(C)(C)C)C(=O)c1cc(C(F)(F)F)ccc1Br. The molecule has 0 heterocycles. The highest BCUT2D eigenvalue weighted by molar-refractivity contribution is 9.10. The molecule has 6 heteroatoms. The van der Waals surface area contributed by atoms with Crippen molar-refractivity contribution in [3.63, 3.8) is 0 Å². The molecule has 1 amide bonds. The van der Waals surface area contributed by atoms with Gasteiger partial charge >= 0.3 is 6.18 Å². The van der Waals surface area contributed by atoms with Gasteiger partial charge in [0.1, 0.15) is 0 Å². The van der Waals surface area contributed by atoms with Crippen LogP contribution in [-0.4, -0.2) is 24.4 Å². The maximum atomic E-state index is 12.7. The van der Waals surface area contributed by atoms with E-state index < -0.39 is 17.6 Å². The Bertz CT molecular complexity index is 506. The van der Waals surface area contributed by atoms with Crippen LogP contribution in [0.4, 0.5) is 13.2 Å². The summed E-state index contributed by atoms with van der Waals surface area (Å²) in [6, 6.07) is 3.08. The minimum absolute atomic E-state index is 0.0200. The van der Waals surface area contributed by atoms with Crippen LogP contribution in [0.25, 0.3) is 0 Å². The second-order valence-corrected chi connectivity index (χ2v) is 6.77. The summed E-state index contributed by atoms with van der Waals surface area (Å²) >= 11 is 3.13. The van der Waals surface area contributed by atoms with Crippen LogP contribution in [0.2, 0.25) is 0 Å². The third-order valence-electron chi connectivity index (χ3n) is 2.58. The number of carbonyl (C=O) groups excluding carboxylic acids is 1. The number of nitrogens with zero attached hydrogens (tertiary/aromatic N) is 1. The lowest BCUT2D eigenvalue weighted by molar-refractivity contribution is -0.137. The van der Waals surface area contributed by atoms with Gasteiger partial charge in [0.25, 0.3) is 5.91 Å². The Kier molecular flexibility index (Phi) is 4.90. The summed E-state index contributed by atoms with van der Waals surface area (Å²) in [6.45, 7) is 6.32. The molecule has 0 spiro atoms. The number of rotatable bonds is 2. The summed E-state index contributed by atoms with van der Waals surface area (Å²) in [5.41, 5.74) is -0.932. The molecule has 0 radical (unpaired) electrons. The van der Waals surface area contributed by atoms with Crippen molar-refractivity contribution in [3.8, 4) is 0 Å². The van der Waals surface area contributed by atoms with E-state index >= 15 is 0 Å². The monoisotopic (exact) mass is 351 g/mol. The minimum Gasteiger partial charge on any atom is -0.341 e. The summed E-state index contributed by atoms with van der Waals surface area (Å²) in [5, 5.41) is 0. The van der Waals surface area contributed by atoms with Crippen molar-refractivity contribution >= 4 is 21.8 Å². The molecule has 0 aliphatic carbocycles. The zero-order chi connectivity index (χ0) is 15.7. The molecule has 1 aromatic carbocycles. The molecule has 1 rings (SSSR count). The van der Waals surface area contributed by atoms with Gasteiger partial charge in [0.05, 0.1) is 11.1 Å². The van der Waals surface area contributed by atoms with E-state index in [1.54, 1.807) is 7.05 Å². The van der Waals surface area contributed by atoms with Gasteiger partial charge in [0.15, 0.2) is 0 Å². The van der Waals surface area contributed by atoms with E-state index in [0.717, 1.165) is 12.1 Å². The van der Waals surface area contributed by atoms with Crippen LogP contribution in [-0.2, 0) is 6.18 Å². The Labute approximate surface area is 125 Å².